The monoisotopic (exact) mass is 437 g/mol. The SMILES string of the molecule is CCc1ccc(OC)c(S(=O)(=O)Nc2ccc3c(c2)N(C(=O)c2ccncc2)CC3)c1. The second-order valence-electron chi connectivity index (χ2n) is 7.23. The number of hydrogen-bond donors (Lipinski definition) is 1. The van der Waals surface area contributed by atoms with Gasteiger partial charge in [0.25, 0.3) is 15.9 Å². The van der Waals surface area contributed by atoms with Crippen molar-refractivity contribution in [2.45, 2.75) is 24.7 Å². The van der Waals surface area contributed by atoms with Crippen LogP contribution in [-0.4, -0.2) is 33.0 Å². The number of carbonyl (C=O) groups excluding carboxylic acids is 1. The van der Waals surface area contributed by atoms with Crippen LogP contribution in [0.3, 0.4) is 0 Å². The molecular formula is C23H23N3O4S. The van der Waals surface area contributed by atoms with Gasteiger partial charge in [0.15, 0.2) is 0 Å². The zero-order chi connectivity index (χ0) is 22.0. The van der Waals surface area contributed by atoms with Crippen molar-refractivity contribution in [2.24, 2.45) is 0 Å². The summed E-state index contributed by atoms with van der Waals surface area (Å²) >= 11 is 0. The van der Waals surface area contributed by atoms with E-state index in [0.29, 0.717) is 36.3 Å². The van der Waals surface area contributed by atoms with Crippen LogP contribution in [0.25, 0.3) is 0 Å². The first-order valence-electron chi connectivity index (χ1n) is 9.97. The summed E-state index contributed by atoms with van der Waals surface area (Å²) in [6.45, 7) is 2.50. The van der Waals surface area contributed by atoms with E-state index in [-0.39, 0.29) is 16.6 Å². The average Bonchev–Trinajstić information content (AvgIpc) is 3.21. The minimum atomic E-state index is -3.88. The van der Waals surface area contributed by atoms with Crippen LogP contribution >= 0.6 is 0 Å². The maximum atomic E-state index is 13.1. The lowest BCUT2D eigenvalue weighted by molar-refractivity contribution is 0.0989. The van der Waals surface area contributed by atoms with Crippen LogP contribution in [0.15, 0.2) is 65.8 Å². The number of anilines is 2. The molecule has 0 radical (unpaired) electrons. The summed E-state index contributed by atoms with van der Waals surface area (Å²) in [5.74, 6) is 0.138. The third-order valence-electron chi connectivity index (χ3n) is 5.33. The molecule has 31 heavy (non-hydrogen) atoms. The smallest absolute Gasteiger partial charge is 0.265 e. The van der Waals surface area contributed by atoms with Crippen molar-refractivity contribution in [1.82, 2.24) is 4.98 Å². The molecule has 1 aromatic heterocycles. The Balaban J connectivity index is 1.65. The van der Waals surface area contributed by atoms with Gasteiger partial charge in [-0.2, -0.15) is 0 Å². The Hall–Kier alpha value is -3.39. The van der Waals surface area contributed by atoms with E-state index in [9.17, 15) is 13.2 Å². The number of aromatic nitrogens is 1. The van der Waals surface area contributed by atoms with Crippen molar-refractivity contribution in [2.75, 3.05) is 23.3 Å². The average molecular weight is 438 g/mol. The first-order valence-corrected chi connectivity index (χ1v) is 11.5. The Labute approximate surface area is 181 Å². The van der Waals surface area contributed by atoms with Gasteiger partial charge in [0.05, 0.1) is 12.8 Å². The number of pyridine rings is 1. The summed E-state index contributed by atoms with van der Waals surface area (Å²) in [6, 6.07) is 13.7. The number of aryl methyl sites for hydroxylation is 1. The Morgan fingerprint density at radius 3 is 2.61 bits per heavy atom. The molecule has 8 heteroatoms. The van der Waals surface area contributed by atoms with Crippen molar-refractivity contribution >= 4 is 27.3 Å². The van der Waals surface area contributed by atoms with Gasteiger partial charge in [0.2, 0.25) is 0 Å². The number of sulfonamides is 1. The number of nitrogens with one attached hydrogen (secondary N) is 1. The minimum Gasteiger partial charge on any atom is -0.495 e. The van der Waals surface area contributed by atoms with Crippen LogP contribution < -0.4 is 14.4 Å². The Kier molecular flexibility index (Phi) is 5.65. The van der Waals surface area contributed by atoms with Crippen molar-refractivity contribution in [3.8, 4) is 5.75 Å². The molecule has 0 fully saturated rings. The lowest BCUT2D eigenvalue weighted by Crippen LogP contribution is -2.28. The zero-order valence-electron chi connectivity index (χ0n) is 17.3. The maximum Gasteiger partial charge on any atom is 0.265 e. The van der Waals surface area contributed by atoms with Gasteiger partial charge in [-0.1, -0.05) is 19.1 Å². The highest BCUT2D eigenvalue weighted by atomic mass is 32.2. The molecule has 1 aliphatic rings. The summed E-state index contributed by atoms with van der Waals surface area (Å²) in [5, 5.41) is 0. The zero-order valence-corrected chi connectivity index (χ0v) is 18.1. The van der Waals surface area contributed by atoms with Crippen LogP contribution in [0.5, 0.6) is 5.75 Å². The molecule has 0 saturated carbocycles. The molecule has 7 nitrogen and oxygen atoms in total. The van der Waals surface area contributed by atoms with Gasteiger partial charge in [-0.15, -0.1) is 0 Å². The molecule has 0 atom stereocenters. The fourth-order valence-corrected chi connectivity index (χ4v) is 4.94. The van der Waals surface area contributed by atoms with E-state index in [1.165, 1.54) is 7.11 Å². The molecule has 0 unspecified atom stereocenters. The predicted octanol–water partition coefficient (Wildman–Crippen LogP) is 3.66. The second-order valence-corrected chi connectivity index (χ2v) is 8.88. The highest BCUT2D eigenvalue weighted by molar-refractivity contribution is 7.92. The van der Waals surface area contributed by atoms with Crippen molar-refractivity contribution in [1.29, 1.82) is 0 Å². The third-order valence-corrected chi connectivity index (χ3v) is 6.73. The first kappa shape index (κ1) is 20.9. The standard InChI is InChI=1S/C23H23N3O4S/c1-3-16-4-7-21(30-2)22(14-16)31(28,29)25-19-6-5-17-10-13-26(20(17)15-19)23(27)18-8-11-24-12-9-18/h4-9,11-12,14-15,25H,3,10,13H2,1-2H3. The lowest BCUT2D eigenvalue weighted by atomic mass is 10.1. The predicted molar refractivity (Wildman–Crippen MR) is 119 cm³/mol. The van der Waals surface area contributed by atoms with Crippen LogP contribution in [-0.2, 0) is 22.9 Å². The van der Waals surface area contributed by atoms with Gasteiger partial charge in [0.1, 0.15) is 10.6 Å². The van der Waals surface area contributed by atoms with E-state index >= 15 is 0 Å². The first-order chi connectivity index (χ1) is 14.9. The van der Waals surface area contributed by atoms with Gasteiger partial charge < -0.3 is 9.64 Å². The van der Waals surface area contributed by atoms with Crippen LogP contribution in [0.2, 0.25) is 0 Å². The minimum absolute atomic E-state index is 0.0829. The molecule has 0 spiro atoms. The van der Waals surface area contributed by atoms with E-state index in [0.717, 1.165) is 11.1 Å². The highest BCUT2D eigenvalue weighted by Gasteiger charge is 2.27. The lowest BCUT2D eigenvalue weighted by Gasteiger charge is -2.19. The largest absolute Gasteiger partial charge is 0.495 e. The number of amides is 1. The molecule has 160 valence electrons. The molecule has 1 amide bonds. The van der Waals surface area contributed by atoms with Gasteiger partial charge >= 0.3 is 0 Å². The van der Waals surface area contributed by atoms with Gasteiger partial charge in [-0.3, -0.25) is 14.5 Å². The topological polar surface area (TPSA) is 88.6 Å². The molecule has 1 aliphatic heterocycles. The number of methoxy groups -OCH3 is 1. The van der Waals surface area contributed by atoms with Crippen LogP contribution in [0, 0.1) is 0 Å². The van der Waals surface area contributed by atoms with Crippen molar-refractivity contribution < 1.29 is 17.9 Å². The van der Waals surface area contributed by atoms with E-state index < -0.39 is 10.0 Å². The Morgan fingerprint density at radius 1 is 1.13 bits per heavy atom. The van der Waals surface area contributed by atoms with Crippen LogP contribution in [0.1, 0.15) is 28.4 Å². The number of carbonyl (C=O) groups is 1. The number of fused-ring (bicyclic) bond motifs is 1. The van der Waals surface area contributed by atoms with Crippen molar-refractivity contribution in [3.63, 3.8) is 0 Å². The molecule has 2 aromatic carbocycles. The molecule has 0 saturated heterocycles. The number of benzene rings is 2. The molecule has 1 N–H and O–H groups in total. The molecule has 0 aliphatic carbocycles. The van der Waals surface area contributed by atoms with Gasteiger partial charge in [-0.05, 0) is 60.4 Å². The molecule has 4 rings (SSSR count). The molecular weight excluding hydrogens is 414 g/mol. The Bertz CT molecular complexity index is 1230. The number of ether oxygens (including phenoxy) is 1. The van der Waals surface area contributed by atoms with E-state index in [1.54, 1.807) is 53.7 Å². The Morgan fingerprint density at radius 2 is 1.90 bits per heavy atom. The summed E-state index contributed by atoms with van der Waals surface area (Å²) in [6.07, 6.45) is 4.57. The number of hydrogen-bond acceptors (Lipinski definition) is 5. The van der Waals surface area contributed by atoms with E-state index in [1.807, 2.05) is 19.1 Å². The number of rotatable bonds is 6. The second kappa shape index (κ2) is 8.39. The molecule has 0 bridgehead atoms. The normalized spacial score (nSPS) is 13.0. The molecule has 2 heterocycles. The highest BCUT2D eigenvalue weighted by Crippen LogP contribution is 2.34. The fraction of sp³-hybridized carbons (Fsp3) is 0.217. The quantitative estimate of drug-likeness (QED) is 0.636. The maximum absolute atomic E-state index is 13.1. The van der Waals surface area contributed by atoms with Crippen LogP contribution in [0.4, 0.5) is 11.4 Å². The number of nitrogens with zero attached hydrogens (tertiary/aromatic N) is 2. The summed E-state index contributed by atoms with van der Waals surface area (Å²) in [7, 11) is -2.44. The summed E-state index contributed by atoms with van der Waals surface area (Å²) in [4.78, 5) is 18.6. The van der Waals surface area contributed by atoms with Crippen molar-refractivity contribution in [3.05, 3.63) is 77.6 Å². The molecule has 3 aromatic rings. The van der Waals surface area contributed by atoms with E-state index in [2.05, 4.69) is 9.71 Å². The van der Waals surface area contributed by atoms with E-state index in [4.69, 9.17) is 4.74 Å². The third kappa shape index (κ3) is 4.11. The fourth-order valence-electron chi connectivity index (χ4n) is 3.67. The summed E-state index contributed by atoms with van der Waals surface area (Å²) in [5.41, 5.74) is 3.52. The van der Waals surface area contributed by atoms with Gasteiger partial charge in [0, 0.05) is 30.2 Å². The summed E-state index contributed by atoms with van der Waals surface area (Å²) < 4.78 is 34.1. The van der Waals surface area contributed by atoms with Gasteiger partial charge in [-0.25, -0.2) is 8.42 Å².